The Bertz CT molecular complexity index is 1230. The van der Waals surface area contributed by atoms with Crippen LogP contribution in [0.2, 0.25) is 0 Å². The van der Waals surface area contributed by atoms with E-state index >= 15 is 0 Å². The summed E-state index contributed by atoms with van der Waals surface area (Å²) in [5.74, 6) is -0.377. The molecule has 200 valence electrons. The molecule has 3 amide bonds. The monoisotopic (exact) mass is 538 g/mol. The molecule has 10 nitrogen and oxygen atoms in total. The molecule has 4 rings (SSSR count). The number of carbonyl (C=O) groups excluding carboxylic acids is 3. The van der Waals surface area contributed by atoms with Crippen LogP contribution in [0.4, 0.5) is 5.69 Å². The van der Waals surface area contributed by atoms with E-state index in [1.165, 1.54) is 36.7 Å². The number of hydrogen-bond acceptors (Lipinski definition) is 8. The van der Waals surface area contributed by atoms with Gasteiger partial charge in [-0.15, -0.1) is 11.3 Å². The Morgan fingerprint density at radius 3 is 2.63 bits per heavy atom. The fraction of sp³-hybridized carbons (Fsp3) is 0.333. The predicted octanol–water partition coefficient (Wildman–Crippen LogP) is 2.96. The molecule has 2 N–H and O–H groups in total. The zero-order valence-corrected chi connectivity index (χ0v) is 22.0. The molecule has 2 aromatic heterocycles. The number of aromatic nitrogens is 1. The molecule has 0 unspecified atom stereocenters. The van der Waals surface area contributed by atoms with Crippen molar-refractivity contribution in [2.75, 3.05) is 38.8 Å². The Morgan fingerprint density at radius 2 is 1.97 bits per heavy atom. The molecule has 2 atom stereocenters. The summed E-state index contributed by atoms with van der Waals surface area (Å²) < 4.78 is 16.5. The quantitative estimate of drug-likeness (QED) is 0.385. The number of thiophene rings is 1. The van der Waals surface area contributed by atoms with Gasteiger partial charge in [-0.25, -0.2) is 0 Å². The van der Waals surface area contributed by atoms with Crippen molar-refractivity contribution >= 4 is 34.7 Å². The maximum Gasteiger partial charge on any atom is 0.261 e. The number of amides is 3. The van der Waals surface area contributed by atoms with Gasteiger partial charge in [0.2, 0.25) is 11.8 Å². The predicted molar refractivity (Wildman–Crippen MR) is 143 cm³/mol. The number of nitrogens with one attached hydrogen (secondary N) is 2. The molecule has 0 aliphatic carbocycles. The van der Waals surface area contributed by atoms with Gasteiger partial charge in [0.1, 0.15) is 6.04 Å². The third-order valence-electron chi connectivity index (χ3n) is 6.10. The minimum Gasteiger partial charge on any atom is -0.493 e. The fourth-order valence-electron chi connectivity index (χ4n) is 4.23. The molecule has 0 radical (unpaired) electrons. The molecule has 38 heavy (non-hydrogen) atoms. The zero-order valence-electron chi connectivity index (χ0n) is 21.2. The van der Waals surface area contributed by atoms with Crippen LogP contribution in [0.3, 0.4) is 0 Å². The van der Waals surface area contributed by atoms with Crippen molar-refractivity contribution in [3.05, 3.63) is 70.7 Å². The van der Waals surface area contributed by atoms with Crippen LogP contribution in [0, 0.1) is 0 Å². The number of methoxy groups -OCH3 is 2. The number of carbonyl (C=O) groups is 3. The number of nitrogens with zero attached hydrogens (tertiary/aromatic N) is 2. The molecule has 0 spiro atoms. The largest absolute Gasteiger partial charge is 0.493 e. The Kier molecular flexibility index (Phi) is 9.28. The van der Waals surface area contributed by atoms with Crippen molar-refractivity contribution in [2.45, 2.75) is 25.0 Å². The van der Waals surface area contributed by atoms with Crippen molar-refractivity contribution < 1.29 is 28.6 Å². The van der Waals surface area contributed by atoms with Gasteiger partial charge in [-0.05, 0) is 54.1 Å². The molecular formula is C27H30N4O6S. The first-order chi connectivity index (χ1) is 18.5. The molecule has 1 fully saturated rings. The van der Waals surface area contributed by atoms with E-state index in [-0.39, 0.29) is 18.6 Å². The summed E-state index contributed by atoms with van der Waals surface area (Å²) in [5.41, 5.74) is 0.893. The van der Waals surface area contributed by atoms with Gasteiger partial charge in [0.05, 0.1) is 43.6 Å². The molecular weight excluding hydrogens is 508 g/mol. The highest BCUT2D eigenvalue weighted by Gasteiger charge is 2.34. The molecule has 0 saturated carbocycles. The van der Waals surface area contributed by atoms with Crippen molar-refractivity contribution in [1.29, 1.82) is 0 Å². The minimum atomic E-state index is -1.09. The van der Waals surface area contributed by atoms with E-state index < -0.39 is 17.9 Å². The van der Waals surface area contributed by atoms with Crippen LogP contribution in [0.1, 0.15) is 34.1 Å². The summed E-state index contributed by atoms with van der Waals surface area (Å²) in [6.07, 6.45) is 4.77. The first-order valence-corrected chi connectivity index (χ1v) is 13.0. The van der Waals surface area contributed by atoms with Gasteiger partial charge in [-0.1, -0.05) is 12.1 Å². The van der Waals surface area contributed by atoms with Crippen molar-refractivity contribution in [3.63, 3.8) is 0 Å². The lowest BCUT2D eigenvalue weighted by Crippen LogP contribution is -2.48. The van der Waals surface area contributed by atoms with Gasteiger partial charge in [-0.2, -0.15) is 0 Å². The van der Waals surface area contributed by atoms with Crippen LogP contribution in [-0.4, -0.2) is 62.7 Å². The lowest BCUT2D eigenvalue weighted by Gasteiger charge is -2.32. The minimum absolute atomic E-state index is 0.0855. The number of anilines is 1. The maximum atomic E-state index is 13.8. The normalized spacial score (nSPS) is 15.4. The standard InChI is InChI=1S/C27H30N4O6S/c1-35-21-10-9-18(14-22(21)36-2)25(27(34)29-16-20-7-4-12-37-20)31(19-6-3-11-28-15-19)24(32)17-30-26(33)23-8-5-13-38-23/h3,5-6,8-11,13-15,20,25H,4,7,12,16-17H2,1-2H3,(H,29,34)(H,30,33)/t20-,25-/m0/s1. The highest BCUT2D eigenvalue weighted by Crippen LogP contribution is 2.34. The molecule has 11 heteroatoms. The van der Waals surface area contributed by atoms with Crippen LogP contribution in [0.15, 0.2) is 60.2 Å². The van der Waals surface area contributed by atoms with Crippen LogP contribution < -0.4 is 25.0 Å². The van der Waals surface area contributed by atoms with Crippen molar-refractivity contribution in [1.82, 2.24) is 15.6 Å². The van der Waals surface area contributed by atoms with Gasteiger partial charge >= 0.3 is 0 Å². The second-order valence-electron chi connectivity index (χ2n) is 8.53. The van der Waals surface area contributed by atoms with E-state index in [0.29, 0.717) is 40.8 Å². The third-order valence-corrected chi connectivity index (χ3v) is 6.96. The van der Waals surface area contributed by atoms with Crippen LogP contribution in [0.25, 0.3) is 0 Å². The van der Waals surface area contributed by atoms with Crippen molar-refractivity contribution in [2.24, 2.45) is 0 Å². The number of benzene rings is 1. The molecule has 1 aliphatic heterocycles. The lowest BCUT2D eigenvalue weighted by molar-refractivity contribution is -0.126. The molecule has 1 saturated heterocycles. The highest BCUT2D eigenvalue weighted by molar-refractivity contribution is 7.12. The summed E-state index contributed by atoms with van der Waals surface area (Å²) in [7, 11) is 3.02. The summed E-state index contributed by atoms with van der Waals surface area (Å²) in [6.45, 7) is 0.644. The SMILES string of the molecule is COc1ccc([C@@H](C(=O)NC[C@@H]2CCCO2)N(C(=O)CNC(=O)c2cccs2)c2cccnc2)cc1OC. The Labute approximate surface area is 224 Å². The van der Waals surface area contributed by atoms with E-state index in [0.717, 1.165) is 12.8 Å². The van der Waals surface area contributed by atoms with Gasteiger partial charge in [-0.3, -0.25) is 24.3 Å². The smallest absolute Gasteiger partial charge is 0.261 e. The lowest BCUT2D eigenvalue weighted by atomic mass is 10.0. The molecule has 1 aliphatic rings. The van der Waals surface area contributed by atoms with Gasteiger partial charge in [0.25, 0.3) is 5.91 Å². The Morgan fingerprint density at radius 1 is 1.13 bits per heavy atom. The van der Waals surface area contributed by atoms with E-state index in [9.17, 15) is 14.4 Å². The van der Waals surface area contributed by atoms with Crippen LogP contribution >= 0.6 is 11.3 Å². The first-order valence-electron chi connectivity index (χ1n) is 12.2. The summed E-state index contributed by atoms with van der Waals surface area (Å²) in [4.78, 5) is 46.0. The van der Waals surface area contributed by atoms with Gasteiger partial charge in [0.15, 0.2) is 11.5 Å². The van der Waals surface area contributed by atoms with E-state index in [4.69, 9.17) is 14.2 Å². The Balaban J connectivity index is 1.68. The highest BCUT2D eigenvalue weighted by atomic mass is 32.1. The second-order valence-corrected chi connectivity index (χ2v) is 9.48. The molecule has 3 heterocycles. The topological polar surface area (TPSA) is 119 Å². The average Bonchev–Trinajstić information content (AvgIpc) is 3.68. The second kappa shape index (κ2) is 13.0. The number of ether oxygens (including phenoxy) is 3. The third kappa shape index (κ3) is 6.48. The van der Waals surface area contributed by atoms with Gasteiger partial charge in [0, 0.05) is 19.3 Å². The Hall–Kier alpha value is -3.96. The molecule has 0 bridgehead atoms. The number of hydrogen-bond donors (Lipinski definition) is 2. The summed E-state index contributed by atoms with van der Waals surface area (Å²) in [5, 5.41) is 7.39. The van der Waals surface area contributed by atoms with Gasteiger partial charge < -0.3 is 24.8 Å². The molecule has 3 aromatic rings. The van der Waals surface area contributed by atoms with E-state index in [1.807, 2.05) is 0 Å². The average molecular weight is 539 g/mol. The number of pyridine rings is 1. The van der Waals surface area contributed by atoms with Crippen LogP contribution in [0.5, 0.6) is 11.5 Å². The first kappa shape index (κ1) is 27.1. The van der Waals surface area contributed by atoms with E-state index in [1.54, 1.807) is 54.0 Å². The van der Waals surface area contributed by atoms with Crippen molar-refractivity contribution in [3.8, 4) is 11.5 Å². The summed E-state index contributed by atoms with van der Waals surface area (Å²) >= 11 is 1.27. The summed E-state index contributed by atoms with van der Waals surface area (Å²) in [6, 6.07) is 10.8. The fourth-order valence-corrected chi connectivity index (χ4v) is 4.87. The number of rotatable bonds is 11. The molecule has 1 aromatic carbocycles. The van der Waals surface area contributed by atoms with Crippen LogP contribution in [-0.2, 0) is 14.3 Å². The zero-order chi connectivity index (χ0) is 26.9. The maximum absolute atomic E-state index is 13.8. The van der Waals surface area contributed by atoms with E-state index in [2.05, 4.69) is 15.6 Å².